The molecule has 0 aliphatic carbocycles. The molecule has 2 aromatic rings. The summed E-state index contributed by atoms with van der Waals surface area (Å²) in [7, 11) is 1.93. The third-order valence-corrected chi connectivity index (χ3v) is 4.05. The second-order valence-corrected chi connectivity index (χ2v) is 5.97. The van der Waals surface area contributed by atoms with Gasteiger partial charge in [-0.3, -0.25) is 0 Å². The van der Waals surface area contributed by atoms with E-state index in [4.69, 9.17) is 0 Å². The van der Waals surface area contributed by atoms with Crippen LogP contribution in [0.2, 0.25) is 0 Å². The molecule has 1 N–H and O–H groups in total. The van der Waals surface area contributed by atoms with Gasteiger partial charge in [-0.1, -0.05) is 46.3 Å². The summed E-state index contributed by atoms with van der Waals surface area (Å²) < 4.78 is 14.8. The molecule has 20 heavy (non-hydrogen) atoms. The van der Waals surface area contributed by atoms with Gasteiger partial charge < -0.3 is 5.32 Å². The monoisotopic (exact) mass is 335 g/mol. The van der Waals surface area contributed by atoms with Crippen LogP contribution in [0.25, 0.3) is 0 Å². The van der Waals surface area contributed by atoms with Crippen LogP contribution in [-0.4, -0.2) is 13.6 Å². The van der Waals surface area contributed by atoms with Crippen LogP contribution in [0.5, 0.6) is 0 Å². The highest BCUT2D eigenvalue weighted by Crippen LogP contribution is 2.25. The standard InChI is InChI=1S/C17H19BrFN/c1-12-5-3-4-6-16(12)14(11-20-2)9-13-7-8-15(18)10-17(13)19/h3-8,10,14,20H,9,11H2,1-2H3. The lowest BCUT2D eigenvalue weighted by atomic mass is 9.89. The Morgan fingerprint density at radius 3 is 2.60 bits per heavy atom. The number of benzene rings is 2. The van der Waals surface area contributed by atoms with Gasteiger partial charge in [-0.05, 0) is 49.2 Å². The van der Waals surface area contributed by atoms with Crippen LogP contribution in [-0.2, 0) is 6.42 Å². The van der Waals surface area contributed by atoms with Crippen molar-refractivity contribution in [3.63, 3.8) is 0 Å². The van der Waals surface area contributed by atoms with Gasteiger partial charge in [0.15, 0.2) is 0 Å². The Morgan fingerprint density at radius 2 is 1.95 bits per heavy atom. The molecule has 1 unspecified atom stereocenters. The molecule has 0 amide bonds. The summed E-state index contributed by atoms with van der Waals surface area (Å²) in [4.78, 5) is 0. The molecule has 0 spiro atoms. The summed E-state index contributed by atoms with van der Waals surface area (Å²) in [6, 6.07) is 13.6. The van der Waals surface area contributed by atoms with Crippen LogP contribution in [0, 0.1) is 12.7 Å². The van der Waals surface area contributed by atoms with Crippen molar-refractivity contribution in [3.8, 4) is 0 Å². The smallest absolute Gasteiger partial charge is 0.127 e. The van der Waals surface area contributed by atoms with Crippen LogP contribution in [0.3, 0.4) is 0 Å². The summed E-state index contributed by atoms with van der Waals surface area (Å²) in [6.45, 7) is 2.94. The normalized spacial score (nSPS) is 12.4. The van der Waals surface area contributed by atoms with Crippen LogP contribution in [0.4, 0.5) is 4.39 Å². The van der Waals surface area contributed by atoms with Gasteiger partial charge in [0.1, 0.15) is 5.82 Å². The van der Waals surface area contributed by atoms with Gasteiger partial charge in [-0.15, -0.1) is 0 Å². The summed E-state index contributed by atoms with van der Waals surface area (Å²) in [5.41, 5.74) is 3.30. The Hall–Kier alpha value is -1.19. The van der Waals surface area contributed by atoms with Crippen LogP contribution in [0.1, 0.15) is 22.6 Å². The second kappa shape index (κ2) is 7.00. The van der Waals surface area contributed by atoms with Crippen LogP contribution < -0.4 is 5.32 Å². The molecule has 0 aliphatic rings. The molecule has 0 bridgehead atoms. The van der Waals surface area contributed by atoms with E-state index >= 15 is 0 Å². The zero-order valence-electron chi connectivity index (χ0n) is 11.8. The molecule has 0 saturated heterocycles. The van der Waals surface area contributed by atoms with Crippen molar-refractivity contribution in [1.29, 1.82) is 0 Å². The fourth-order valence-corrected chi connectivity index (χ4v) is 2.87. The minimum atomic E-state index is -0.144. The Morgan fingerprint density at radius 1 is 1.20 bits per heavy atom. The predicted octanol–water partition coefficient (Wildman–Crippen LogP) is 4.44. The highest BCUT2D eigenvalue weighted by atomic mass is 79.9. The Kier molecular flexibility index (Phi) is 5.32. The van der Waals surface area contributed by atoms with E-state index in [9.17, 15) is 4.39 Å². The van der Waals surface area contributed by atoms with Gasteiger partial charge >= 0.3 is 0 Å². The zero-order chi connectivity index (χ0) is 14.5. The van der Waals surface area contributed by atoms with Gasteiger partial charge in [0.25, 0.3) is 0 Å². The minimum Gasteiger partial charge on any atom is -0.319 e. The van der Waals surface area contributed by atoms with E-state index in [1.54, 1.807) is 0 Å². The largest absolute Gasteiger partial charge is 0.319 e. The van der Waals surface area contributed by atoms with Crippen molar-refractivity contribution < 1.29 is 4.39 Å². The molecular weight excluding hydrogens is 317 g/mol. The molecule has 2 aromatic carbocycles. The summed E-state index contributed by atoms with van der Waals surface area (Å²) in [6.07, 6.45) is 0.699. The first-order chi connectivity index (χ1) is 9.61. The number of halogens is 2. The Balaban J connectivity index is 2.28. The third-order valence-electron chi connectivity index (χ3n) is 3.56. The minimum absolute atomic E-state index is 0.144. The lowest BCUT2D eigenvalue weighted by molar-refractivity contribution is 0.573. The van der Waals surface area contributed by atoms with Gasteiger partial charge in [0.05, 0.1) is 0 Å². The maximum Gasteiger partial charge on any atom is 0.127 e. The van der Waals surface area contributed by atoms with Crippen LogP contribution in [0.15, 0.2) is 46.9 Å². The molecule has 0 aromatic heterocycles. The fraction of sp³-hybridized carbons (Fsp3) is 0.294. The van der Waals surface area contributed by atoms with Crippen LogP contribution >= 0.6 is 15.9 Å². The lowest BCUT2D eigenvalue weighted by Crippen LogP contribution is -2.20. The molecule has 0 radical (unpaired) electrons. The average molecular weight is 336 g/mol. The molecule has 0 heterocycles. The number of hydrogen-bond donors (Lipinski definition) is 1. The predicted molar refractivity (Wildman–Crippen MR) is 85.7 cm³/mol. The topological polar surface area (TPSA) is 12.0 Å². The van der Waals surface area contributed by atoms with E-state index in [1.165, 1.54) is 17.2 Å². The first-order valence-corrected chi connectivity index (χ1v) is 7.55. The molecule has 0 fully saturated rings. The highest BCUT2D eigenvalue weighted by Gasteiger charge is 2.15. The number of likely N-dealkylation sites (N-methyl/N-ethyl adjacent to an activating group) is 1. The quantitative estimate of drug-likeness (QED) is 0.851. The third kappa shape index (κ3) is 3.68. The van der Waals surface area contributed by atoms with E-state index in [1.807, 2.05) is 31.3 Å². The molecule has 0 saturated carbocycles. The van der Waals surface area contributed by atoms with E-state index in [0.29, 0.717) is 6.42 Å². The van der Waals surface area contributed by atoms with E-state index in [0.717, 1.165) is 16.6 Å². The first-order valence-electron chi connectivity index (χ1n) is 6.76. The number of aryl methyl sites for hydroxylation is 1. The molecule has 3 heteroatoms. The van der Waals surface area contributed by atoms with Gasteiger partial charge in [0, 0.05) is 16.9 Å². The summed E-state index contributed by atoms with van der Waals surface area (Å²) in [5, 5.41) is 3.21. The van der Waals surface area contributed by atoms with Crippen molar-refractivity contribution in [2.24, 2.45) is 0 Å². The zero-order valence-corrected chi connectivity index (χ0v) is 13.4. The van der Waals surface area contributed by atoms with Gasteiger partial charge in [-0.25, -0.2) is 4.39 Å². The maximum absolute atomic E-state index is 14.0. The number of nitrogens with one attached hydrogen (secondary N) is 1. The van der Waals surface area contributed by atoms with E-state index in [-0.39, 0.29) is 11.7 Å². The Bertz CT molecular complexity index is 583. The molecule has 0 aliphatic heterocycles. The molecule has 106 valence electrons. The average Bonchev–Trinajstić information content (AvgIpc) is 2.42. The number of rotatable bonds is 5. The lowest BCUT2D eigenvalue weighted by Gasteiger charge is -2.19. The molecular formula is C17H19BrFN. The molecule has 1 nitrogen and oxygen atoms in total. The van der Waals surface area contributed by atoms with Crippen molar-refractivity contribution in [1.82, 2.24) is 5.32 Å². The van der Waals surface area contributed by atoms with Gasteiger partial charge in [0.2, 0.25) is 0 Å². The summed E-state index contributed by atoms with van der Waals surface area (Å²) in [5.74, 6) is 0.130. The fourth-order valence-electron chi connectivity index (χ4n) is 2.54. The van der Waals surface area contributed by atoms with Crippen molar-refractivity contribution in [2.75, 3.05) is 13.6 Å². The number of hydrogen-bond acceptors (Lipinski definition) is 1. The van der Waals surface area contributed by atoms with Crippen molar-refractivity contribution in [3.05, 3.63) is 69.4 Å². The maximum atomic E-state index is 14.0. The SMILES string of the molecule is CNCC(Cc1ccc(Br)cc1F)c1ccccc1C. The van der Waals surface area contributed by atoms with Gasteiger partial charge in [-0.2, -0.15) is 0 Å². The molecule has 1 atom stereocenters. The van der Waals surface area contributed by atoms with E-state index < -0.39 is 0 Å². The van der Waals surface area contributed by atoms with E-state index in [2.05, 4.69) is 40.3 Å². The first kappa shape index (κ1) is 15.2. The molecule has 2 rings (SSSR count). The van der Waals surface area contributed by atoms with Crippen molar-refractivity contribution in [2.45, 2.75) is 19.3 Å². The highest BCUT2D eigenvalue weighted by molar-refractivity contribution is 9.10. The Labute approximate surface area is 128 Å². The van der Waals surface area contributed by atoms with Crippen molar-refractivity contribution >= 4 is 15.9 Å². The summed E-state index contributed by atoms with van der Waals surface area (Å²) >= 11 is 3.30. The second-order valence-electron chi connectivity index (χ2n) is 5.05.